The van der Waals surface area contributed by atoms with Gasteiger partial charge in [0.25, 0.3) is 5.91 Å². The number of nitrogens with one attached hydrogen (secondary N) is 1. The SMILES string of the molecule is Cc1cc(C(=O)Nc2sc(C)c(C)c2C(=O)O)sc1C. The van der Waals surface area contributed by atoms with Crippen molar-refractivity contribution in [1.29, 1.82) is 0 Å². The average molecular weight is 309 g/mol. The lowest BCUT2D eigenvalue weighted by atomic mass is 10.1. The van der Waals surface area contributed by atoms with Gasteiger partial charge in [0, 0.05) is 9.75 Å². The molecule has 0 fully saturated rings. The number of hydrogen-bond acceptors (Lipinski definition) is 4. The summed E-state index contributed by atoms with van der Waals surface area (Å²) in [7, 11) is 0. The van der Waals surface area contributed by atoms with Crippen LogP contribution in [0, 0.1) is 27.7 Å². The first kappa shape index (κ1) is 14.7. The van der Waals surface area contributed by atoms with Crippen molar-refractivity contribution in [3.8, 4) is 0 Å². The Morgan fingerprint density at radius 3 is 2.25 bits per heavy atom. The number of carboxylic acids is 1. The molecule has 4 nitrogen and oxygen atoms in total. The van der Waals surface area contributed by atoms with Gasteiger partial charge in [0.15, 0.2) is 0 Å². The third-order valence-corrected chi connectivity index (χ3v) is 5.49. The van der Waals surface area contributed by atoms with Crippen LogP contribution in [0.3, 0.4) is 0 Å². The van der Waals surface area contributed by atoms with Crippen LogP contribution in [0.15, 0.2) is 6.07 Å². The van der Waals surface area contributed by atoms with E-state index in [9.17, 15) is 14.7 Å². The molecule has 1 amide bonds. The molecular formula is C14H15NO3S2. The molecule has 0 unspecified atom stereocenters. The van der Waals surface area contributed by atoms with Crippen molar-refractivity contribution in [2.75, 3.05) is 5.32 Å². The smallest absolute Gasteiger partial charge is 0.338 e. The topological polar surface area (TPSA) is 66.4 Å². The van der Waals surface area contributed by atoms with Crippen LogP contribution < -0.4 is 5.32 Å². The van der Waals surface area contributed by atoms with Crippen LogP contribution in [0.1, 0.15) is 40.9 Å². The van der Waals surface area contributed by atoms with Crippen LogP contribution in [-0.2, 0) is 0 Å². The minimum atomic E-state index is -1.01. The second kappa shape index (κ2) is 5.38. The fraction of sp³-hybridized carbons (Fsp3) is 0.286. The highest BCUT2D eigenvalue weighted by atomic mass is 32.1. The summed E-state index contributed by atoms with van der Waals surface area (Å²) in [5.74, 6) is -1.27. The molecule has 0 spiro atoms. The summed E-state index contributed by atoms with van der Waals surface area (Å²) in [6.07, 6.45) is 0. The van der Waals surface area contributed by atoms with Gasteiger partial charge in [-0.15, -0.1) is 22.7 Å². The number of hydrogen-bond donors (Lipinski definition) is 2. The van der Waals surface area contributed by atoms with Gasteiger partial charge >= 0.3 is 5.97 Å². The Hall–Kier alpha value is -1.66. The van der Waals surface area contributed by atoms with Crippen molar-refractivity contribution >= 4 is 39.6 Å². The summed E-state index contributed by atoms with van der Waals surface area (Å²) >= 11 is 2.71. The zero-order valence-corrected chi connectivity index (χ0v) is 13.3. The summed E-state index contributed by atoms with van der Waals surface area (Å²) < 4.78 is 0. The Bertz CT molecular complexity index is 678. The molecule has 2 heterocycles. The fourth-order valence-corrected chi connectivity index (χ4v) is 3.80. The Kier molecular flexibility index (Phi) is 3.96. The lowest BCUT2D eigenvalue weighted by Gasteiger charge is -2.02. The maximum absolute atomic E-state index is 12.2. The van der Waals surface area contributed by atoms with Crippen LogP contribution >= 0.6 is 22.7 Å². The molecule has 0 saturated carbocycles. The van der Waals surface area contributed by atoms with Crippen molar-refractivity contribution in [2.24, 2.45) is 0 Å². The Morgan fingerprint density at radius 2 is 1.75 bits per heavy atom. The first-order chi connectivity index (χ1) is 9.31. The first-order valence-electron chi connectivity index (χ1n) is 6.03. The van der Waals surface area contributed by atoms with E-state index < -0.39 is 5.97 Å². The van der Waals surface area contributed by atoms with Gasteiger partial charge in [0.1, 0.15) is 5.00 Å². The molecule has 106 valence electrons. The van der Waals surface area contributed by atoms with Gasteiger partial charge in [-0.25, -0.2) is 4.79 Å². The second-order valence-corrected chi connectivity index (χ2v) is 7.08. The minimum Gasteiger partial charge on any atom is -0.478 e. The number of amides is 1. The summed E-state index contributed by atoms with van der Waals surface area (Å²) in [5, 5.41) is 12.4. The maximum Gasteiger partial charge on any atom is 0.338 e. The van der Waals surface area contributed by atoms with Crippen LogP contribution in [0.25, 0.3) is 0 Å². The Morgan fingerprint density at radius 1 is 1.10 bits per heavy atom. The van der Waals surface area contributed by atoms with E-state index in [-0.39, 0.29) is 11.5 Å². The minimum absolute atomic E-state index is 0.186. The number of carboxylic acid groups (broad SMARTS) is 1. The number of carbonyl (C=O) groups excluding carboxylic acids is 1. The van der Waals surface area contributed by atoms with Crippen molar-refractivity contribution < 1.29 is 14.7 Å². The summed E-state index contributed by atoms with van der Waals surface area (Å²) in [6, 6.07) is 1.82. The Balaban J connectivity index is 2.33. The monoisotopic (exact) mass is 309 g/mol. The molecule has 0 aliphatic heterocycles. The van der Waals surface area contributed by atoms with Crippen molar-refractivity contribution in [1.82, 2.24) is 0 Å². The average Bonchev–Trinajstić information content (AvgIpc) is 2.81. The van der Waals surface area contributed by atoms with Crippen molar-refractivity contribution in [3.05, 3.63) is 37.4 Å². The summed E-state index contributed by atoms with van der Waals surface area (Å²) in [5.41, 5.74) is 1.96. The van der Waals surface area contributed by atoms with E-state index in [0.29, 0.717) is 15.4 Å². The largest absolute Gasteiger partial charge is 0.478 e. The fourth-order valence-electron chi connectivity index (χ4n) is 1.82. The molecule has 0 atom stereocenters. The van der Waals surface area contributed by atoms with E-state index in [0.717, 1.165) is 15.3 Å². The number of rotatable bonds is 3. The highest BCUT2D eigenvalue weighted by Crippen LogP contribution is 2.33. The highest BCUT2D eigenvalue weighted by Gasteiger charge is 2.21. The lowest BCUT2D eigenvalue weighted by molar-refractivity contribution is 0.0697. The molecular weight excluding hydrogens is 294 g/mol. The van der Waals surface area contributed by atoms with E-state index in [1.165, 1.54) is 22.7 Å². The number of aryl methyl sites for hydroxylation is 3. The third-order valence-electron chi connectivity index (χ3n) is 3.22. The van der Waals surface area contributed by atoms with Gasteiger partial charge in [0.05, 0.1) is 10.4 Å². The van der Waals surface area contributed by atoms with Crippen LogP contribution in [0.5, 0.6) is 0 Å². The van der Waals surface area contributed by atoms with Gasteiger partial charge < -0.3 is 10.4 Å². The molecule has 20 heavy (non-hydrogen) atoms. The number of thiophene rings is 2. The zero-order chi connectivity index (χ0) is 15.0. The quantitative estimate of drug-likeness (QED) is 0.900. The van der Waals surface area contributed by atoms with Crippen molar-refractivity contribution in [3.63, 3.8) is 0 Å². The molecule has 6 heteroatoms. The van der Waals surface area contributed by atoms with E-state index in [4.69, 9.17) is 0 Å². The first-order valence-corrected chi connectivity index (χ1v) is 7.66. The zero-order valence-electron chi connectivity index (χ0n) is 11.7. The van der Waals surface area contributed by atoms with E-state index >= 15 is 0 Å². The number of anilines is 1. The second-order valence-electron chi connectivity index (χ2n) is 4.60. The molecule has 0 saturated heterocycles. The van der Waals surface area contributed by atoms with Gasteiger partial charge in [-0.05, 0) is 44.9 Å². The van der Waals surface area contributed by atoms with Crippen LogP contribution in [0.2, 0.25) is 0 Å². The molecule has 0 radical (unpaired) electrons. The molecule has 2 aromatic heterocycles. The predicted octanol–water partition coefficient (Wildman–Crippen LogP) is 3.99. The number of aromatic carboxylic acids is 1. The molecule has 0 aromatic carbocycles. The third kappa shape index (κ3) is 2.62. The molecule has 2 N–H and O–H groups in total. The number of carbonyl (C=O) groups is 2. The van der Waals surface area contributed by atoms with Crippen molar-refractivity contribution in [2.45, 2.75) is 27.7 Å². The van der Waals surface area contributed by atoms with E-state index in [1.54, 1.807) is 6.92 Å². The van der Waals surface area contributed by atoms with Crippen LogP contribution in [-0.4, -0.2) is 17.0 Å². The standard InChI is InChI=1S/C14H15NO3S2/c1-6-5-10(19-8(6)3)12(16)15-13-11(14(17)18)7(2)9(4)20-13/h5H,1-4H3,(H,15,16)(H,17,18). The Labute approximate surface area is 125 Å². The van der Waals surface area contributed by atoms with Gasteiger partial charge in [-0.3, -0.25) is 4.79 Å². The molecule has 2 aromatic rings. The van der Waals surface area contributed by atoms with Gasteiger partial charge in [-0.2, -0.15) is 0 Å². The highest BCUT2D eigenvalue weighted by molar-refractivity contribution is 7.17. The predicted molar refractivity (Wildman–Crippen MR) is 82.5 cm³/mol. The van der Waals surface area contributed by atoms with E-state index in [2.05, 4.69) is 5.32 Å². The lowest BCUT2D eigenvalue weighted by Crippen LogP contribution is -2.12. The van der Waals surface area contributed by atoms with Crippen LogP contribution in [0.4, 0.5) is 5.00 Å². The summed E-state index contributed by atoms with van der Waals surface area (Å²) in [6.45, 7) is 7.51. The van der Waals surface area contributed by atoms with Gasteiger partial charge in [-0.1, -0.05) is 0 Å². The van der Waals surface area contributed by atoms with E-state index in [1.807, 2.05) is 26.8 Å². The molecule has 0 aliphatic rings. The summed E-state index contributed by atoms with van der Waals surface area (Å²) in [4.78, 5) is 26.1. The molecule has 0 aliphatic carbocycles. The molecule has 0 bridgehead atoms. The van der Waals surface area contributed by atoms with Gasteiger partial charge in [0.2, 0.25) is 0 Å². The maximum atomic E-state index is 12.2. The molecule has 2 rings (SSSR count). The normalized spacial score (nSPS) is 10.6.